The largest absolute Gasteiger partial charge is 0.207 e. The Morgan fingerprint density at radius 2 is 1.56 bits per heavy atom. The van der Waals surface area contributed by atoms with Gasteiger partial charge in [-0.25, -0.2) is 4.39 Å². The molecule has 0 radical (unpaired) electrons. The predicted octanol–water partition coefficient (Wildman–Crippen LogP) is 4.42. The summed E-state index contributed by atoms with van der Waals surface area (Å²) in [7, 11) is 0. The molecule has 0 atom stereocenters. The molecule has 2 aromatic carbocycles. The molecule has 82 valence electrons. The molecule has 0 spiro atoms. The monoisotopic (exact) mass is 214 g/mol. The van der Waals surface area contributed by atoms with Crippen molar-refractivity contribution in [2.45, 2.75) is 20.8 Å². The van der Waals surface area contributed by atoms with E-state index in [1.807, 2.05) is 12.1 Å². The van der Waals surface area contributed by atoms with Gasteiger partial charge < -0.3 is 0 Å². The summed E-state index contributed by atoms with van der Waals surface area (Å²) < 4.78 is 13.5. The molecule has 0 unspecified atom stereocenters. The highest BCUT2D eigenvalue weighted by Crippen LogP contribution is 2.25. The van der Waals surface area contributed by atoms with Gasteiger partial charge in [0.25, 0.3) is 0 Å². The molecule has 16 heavy (non-hydrogen) atoms. The van der Waals surface area contributed by atoms with Crippen molar-refractivity contribution in [2.75, 3.05) is 0 Å². The number of halogens is 1. The van der Waals surface area contributed by atoms with E-state index in [1.54, 1.807) is 13.0 Å². The number of benzene rings is 2. The van der Waals surface area contributed by atoms with E-state index in [9.17, 15) is 4.39 Å². The zero-order valence-electron chi connectivity index (χ0n) is 9.84. The minimum atomic E-state index is -0.141. The predicted molar refractivity (Wildman–Crippen MR) is 66.0 cm³/mol. The highest BCUT2D eigenvalue weighted by molar-refractivity contribution is 5.67. The maximum Gasteiger partial charge on any atom is 0.126 e. The standard InChI is InChI=1S/C15H15F/c1-10-4-7-14(12(3)8-10)13-6-5-11(2)15(16)9-13/h4-9H,1-3H3. The lowest BCUT2D eigenvalue weighted by atomic mass is 9.98. The number of hydrogen-bond acceptors (Lipinski definition) is 0. The molecule has 0 aliphatic heterocycles. The van der Waals surface area contributed by atoms with Crippen molar-refractivity contribution < 1.29 is 4.39 Å². The molecule has 0 heterocycles. The maximum absolute atomic E-state index is 13.5. The second-order valence-electron chi connectivity index (χ2n) is 4.28. The Morgan fingerprint density at radius 1 is 0.812 bits per heavy atom. The van der Waals surface area contributed by atoms with Crippen molar-refractivity contribution in [1.82, 2.24) is 0 Å². The van der Waals surface area contributed by atoms with Gasteiger partial charge in [0.05, 0.1) is 0 Å². The fraction of sp³-hybridized carbons (Fsp3) is 0.200. The molecule has 0 saturated carbocycles. The van der Waals surface area contributed by atoms with Crippen molar-refractivity contribution in [3.63, 3.8) is 0 Å². The van der Waals surface area contributed by atoms with Gasteiger partial charge in [-0.1, -0.05) is 35.9 Å². The van der Waals surface area contributed by atoms with E-state index in [0.717, 1.165) is 11.1 Å². The second-order valence-corrected chi connectivity index (χ2v) is 4.28. The van der Waals surface area contributed by atoms with E-state index < -0.39 is 0 Å². The van der Waals surface area contributed by atoms with E-state index in [2.05, 4.69) is 32.0 Å². The van der Waals surface area contributed by atoms with Gasteiger partial charge in [0.1, 0.15) is 5.82 Å². The van der Waals surface area contributed by atoms with Crippen LogP contribution in [0.5, 0.6) is 0 Å². The summed E-state index contributed by atoms with van der Waals surface area (Å²) in [6.45, 7) is 5.90. The molecule has 0 aliphatic carbocycles. The molecule has 0 amide bonds. The average Bonchev–Trinajstić information content (AvgIpc) is 2.22. The fourth-order valence-corrected chi connectivity index (χ4v) is 1.90. The van der Waals surface area contributed by atoms with Crippen LogP contribution in [0.25, 0.3) is 11.1 Å². The Hall–Kier alpha value is -1.63. The number of rotatable bonds is 1. The summed E-state index contributed by atoms with van der Waals surface area (Å²) in [4.78, 5) is 0. The summed E-state index contributed by atoms with van der Waals surface area (Å²) in [6, 6.07) is 11.6. The minimum Gasteiger partial charge on any atom is -0.207 e. The number of hydrogen-bond donors (Lipinski definition) is 0. The van der Waals surface area contributed by atoms with Crippen LogP contribution in [0.15, 0.2) is 36.4 Å². The van der Waals surface area contributed by atoms with Gasteiger partial charge >= 0.3 is 0 Å². The van der Waals surface area contributed by atoms with Crippen LogP contribution in [0.3, 0.4) is 0 Å². The Morgan fingerprint density at radius 3 is 2.19 bits per heavy atom. The van der Waals surface area contributed by atoms with Crippen molar-refractivity contribution in [2.24, 2.45) is 0 Å². The van der Waals surface area contributed by atoms with Gasteiger partial charge in [0.2, 0.25) is 0 Å². The molecular formula is C15H15F. The van der Waals surface area contributed by atoms with Crippen LogP contribution in [0, 0.1) is 26.6 Å². The Kier molecular flexibility index (Phi) is 2.78. The lowest BCUT2D eigenvalue weighted by Gasteiger charge is -2.08. The first-order chi connectivity index (χ1) is 7.58. The Labute approximate surface area is 95.7 Å². The van der Waals surface area contributed by atoms with Crippen LogP contribution in [-0.4, -0.2) is 0 Å². The van der Waals surface area contributed by atoms with Gasteiger partial charge in [-0.2, -0.15) is 0 Å². The molecule has 2 aromatic rings. The molecule has 0 saturated heterocycles. The van der Waals surface area contributed by atoms with E-state index >= 15 is 0 Å². The highest BCUT2D eigenvalue weighted by atomic mass is 19.1. The first-order valence-corrected chi connectivity index (χ1v) is 5.42. The minimum absolute atomic E-state index is 0.141. The molecule has 1 heteroatoms. The third-order valence-corrected chi connectivity index (χ3v) is 2.86. The summed E-state index contributed by atoms with van der Waals surface area (Å²) in [5, 5.41) is 0. The smallest absolute Gasteiger partial charge is 0.126 e. The van der Waals surface area contributed by atoms with E-state index in [-0.39, 0.29) is 5.82 Å². The van der Waals surface area contributed by atoms with Crippen LogP contribution in [0.2, 0.25) is 0 Å². The highest BCUT2D eigenvalue weighted by Gasteiger charge is 2.04. The van der Waals surface area contributed by atoms with E-state index in [1.165, 1.54) is 11.1 Å². The average molecular weight is 214 g/mol. The second kappa shape index (κ2) is 4.09. The lowest BCUT2D eigenvalue weighted by molar-refractivity contribution is 0.619. The van der Waals surface area contributed by atoms with Crippen LogP contribution in [-0.2, 0) is 0 Å². The van der Waals surface area contributed by atoms with Crippen molar-refractivity contribution in [1.29, 1.82) is 0 Å². The third kappa shape index (κ3) is 1.99. The Bertz CT molecular complexity index is 527. The molecular weight excluding hydrogens is 199 g/mol. The van der Waals surface area contributed by atoms with Crippen LogP contribution in [0.4, 0.5) is 4.39 Å². The van der Waals surface area contributed by atoms with Crippen LogP contribution >= 0.6 is 0 Å². The van der Waals surface area contributed by atoms with E-state index in [4.69, 9.17) is 0 Å². The van der Waals surface area contributed by atoms with Crippen molar-refractivity contribution >= 4 is 0 Å². The zero-order valence-corrected chi connectivity index (χ0v) is 9.84. The molecule has 0 aromatic heterocycles. The third-order valence-electron chi connectivity index (χ3n) is 2.86. The fourth-order valence-electron chi connectivity index (χ4n) is 1.90. The quantitative estimate of drug-likeness (QED) is 0.659. The van der Waals surface area contributed by atoms with Crippen molar-refractivity contribution in [3.8, 4) is 11.1 Å². The molecule has 0 fully saturated rings. The Balaban J connectivity index is 2.54. The maximum atomic E-state index is 13.5. The zero-order chi connectivity index (χ0) is 11.7. The van der Waals surface area contributed by atoms with Gasteiger partial charge in [0.15, 0.2) is 0 Å². The summed E-state index contributed by atoms with van der Waals surface area (Å²) in [5.74, 6) is -0.141. The van der Waals surface area contributed by atoms with Gasteiger partial charge in [-0.05, 0) is 49.1 Å². The van der Waals surface area contributed by atoms with Crippen LogP contribution in [0.1, 0.15) is 16.7 Å². The first-order valence-electron chi connectivity index (χ1n) is 5.42. The van der Waals surface area contributed by atoms with Crippen molar-refractivity contribution in [3.05, 3.63) is 58.9 Å². The van der Waals surface area contributed by atoms with Gasteiger partial charge in [-0.15, -0.1) is 0 Å². The summed E-state index contributed by atoms with van der Waals surface area (Å²) >= 11 is 0. The number of aryl methyl sites for hydroxylation is 3. The molecule has 2 rings (SSSR count). The summed E-state index contributed by atoms with van der Waals surface area (Å²) in [6.07, 6.45) is 0. The van der Waals surface area contributed by atoms with Crippen LogP contribution < -0.4 is 0 Å². The topological polar surface area (TPSA) is 0 Å². The molecule has 0 nitrogen and oxygen atoms in total. The summed E-state index contributed by atoms with van der Waals surface area (Å²) in [5.41, 5.74) is 5.15. The first kappa shape index (κ1) is 10.9. The SMILES string of the molecule is Cc1ccc(-c2ccc(C)c(F)c2)c(C)c1. The normalized spacial score (nSPS) is 10.5. The van der Waals surface area contributed by atoms with E-state index in [0.29, 0.717) is 5.56 Å². The molecule has 0 aliphatic rings. The lowest BCUT2D eigenvalue weighted by Crippen LogP contribution is -1.87. The molecule has 0 bridgehead atoms. The molecule has 0 N–H and O–H groups in total. The van der Waals surface area contributed by atoms with Gasteiger partial charge in [-0.3, -0.25) is 0 Å². The van der Waals surface area contributed by atoms with Gasteiger partial charge in [0, 0.05) is 0 Å².